The molecule has 0 saturated carbocycles. The lowest BCUT2D eigenvalue weighted by molar-refractivity contribution is 0.311. The first-order valence-electron chi connectivity index (χ1n) is 7.26. The molecular weight excluding hydrogens is 250 g/mol. The van der Waals surface area contributed by atoms with Crippen molar-refractivity contribution < 1.29 is 4.74 Å². The van der Waals surface area contributed by atoms with Crippen LogP contribution in [-0.4, -0.2) is 35.3 Å². The Kier molecular flexibility index (Phi) is 3.74. The summed E-state index contributed by atoms with van der Waals surface area (Å²) in [5.41, 5.74) is 4.71. The Labute approximate surface area is 119 Å². The van der Waals surface area contributed by atoms with Crippen LogP contribution in [0.3, 0.4) is 0 Å². The van der Waals surface area contributed by atoms with Gasteiger partial charge in [-0.25, -0.2) is 0 Å². The van der Waals surface area contributed by atoms with E-state index in [1.807, 2.05) is 18.2 Å². The summed E-state index contributed by atoms with van der Waals surface area (Å²) in [5.74, 6) is 0.928. The molecule has 1 N–H and O–H groups in total. The molecule has 4 nitrogen and oxygen atoms in total. The van der Waals surface area contributed by atoms with Gasteiger partial charge in [-0.2, -0.15) is 5.10 Å². The molecule has 0 bridgehead atoms. The topological polar surface area (TPSA) is 41.1 Å². The number of rotatable bonds is 4. The fourth-order valence-corrected chi connectivity index (χ4v) is 2.65. The van der Waals surface area contributed by atoms with Crippen LogP contribution in [0, 0.1) is 0 Å². The Morgan fingerprint density at radius 1 is 1.35 bits per heavy atom. The Morgan fingerprint density at radius 3 is 3.05 bits per heavy atom. The van der Waals surface area contributed by atoms with Crippen LogP contribution in [0.25, 0.3) is 11.3 Å². The Bertz CT molecular complexity index is 591. The molecule has 106 valence electrons. The van der Waals surface area contributed by atoms with E-state index in [2.05, 4.69) is 35.1 Å². The third-order valence-corrected chi connectivity index (χ3v) is 3.73. The van der Waals surface area contributed by atoms with Crippen molar-refractivity contribution in [3.05, 3.63) is 35.5 Å². The van der Waals surface area contributed by atoms with Crippen LogP contribution >= 0.6 is 0 Å². The molecule has 0 unspecified atom stereocenters. The van der Waals surface area contributed by atoms with Gasteiger partial charge in [0.2, 0.25) is 0 Å². The number of hydrogen-bond acceptors (Lipinski definition) is 3. The van der Waals surface area contributed by atoms with Crippen molar-refractivity contribution in [2.75, 3.05) is 20.2 Å². The smallest absolute Gasteiger partial charge is 0.128 e. The van der Waals surface area contributed by atoms with Crippen molar-refractivity contribution in [3.63, 3.8) is 0 Å². The fraction of sp³-hybridized carbons (Fsp3) is 0.438. The van der Waals surface area contributed by atoms with E-state index in [9.17, 15) is 0 Å². The minimum atomic E-state index is 0.740. The molecule has 0 spiro atoms. The Morgan fingerprint density at radius 2 is 2.20 bits per heavy atom. The van der Waals surface area contributed by atoms with Crippen LogP contribution in [0.15, 0.2) is 24.3 Å². The van der Waals surface area contributed by atoms with Gasteiger partial charge in [-0.1, -0.05) is 19.1 Å². The first kappa shape index (κ1) is 13.2. The van der Waals surface area contributed by atoms with E-state index in [4.69, 9.17) is 4.74 Å². The van der Waals surface area contributed by atoms with Gasteiger partial charge in [0.25, 0.3) is 0 Å². The zero-order valence-electron chi connectivity index (χ0n) is 12.1. The zero-order chi connectivity index (χ0) is 13.9. The summed E-state index contributed by atoms with van der Waals surface area (Å²) in [4.78, 5) is 2.33. The van der Waals surface area contributed by atoms with Gasteiger partial charge in [-0.3, -0.25) is 5.10 Å². The van der Waals surface area contributed by atoms with Gasteiger partial charge in [-0.15, -0.1) is 0 Å². The van der Waals surface area contributed by atoms with Crippen molar-refractivity contribution in [1.82, 2.24) is 15.1 Å². The predicted octanol–water partition coefficient (Wildman–Crippen LogP) is 2.85. The number of nitrogens with one attached hydrogen (secondary N) is 1. The van der Waals surface area contributed by atoms with Crippen molar-refractivity contribution in [2.45, 2.75) is 26.3 Å². The van der Waals surface area contributed by atoms with Gasteiger partial charge >= 0.3 is 0 Å². The average Bonchev–Trinajstić information content (AvgIpc) is 2.88. The number of likely N-dealkylation sites (N-methyl/N-ethyl adjacent to an activating group) is 1. The van der Waals surface area contributed by atoms with Gasteiger partial charge in [0.15, 0.2) is 0 Å². The second-order valence-corrected chi connectivity index (χ2v) is 5.36. The molecule has 2 heterocycles. The number of para-hydroxylation sites is 1. The SMILES string of the molecule is CCCOc1ccccc1-c1n[nH]c2c1CN(C)CC2. The monoisotopic (exact) mass is 271 g/mol. The zero-order valence-corrected chi connectivity index (χ0v) is 12.1. The third kappa shape index (κ3) is 2.43. The van der Waals surface area contributed by atoms with Crippen molar-refractivity contribution in [3.8, 4) is 17.0 Å². The maximum absolute atomic E-state index is 5.86. The van der Waals surface area contributed by atoms with E-state index in [1.165, 1.54) is 11.3 Å². The molecule has 4 heteroatoms. The van der Waals surface area contributed by atoms with E-state index in [-0.39, 0.29) is 0 Å². The molecule has 0 fully saturated rings. The highest BCUT2D eigenvalue weighted by molar-refractivity contribution is 5.70. The maximum Gasteiger partial charge on any atom is 0.128 e. The number of ether oxygens (including phenoxy) is 1. The normalized spacial score (nSPS) is 15.1. The lowest BCUT2D eigenvalue weighted by Gasteiger charge is -2.22. The minimum absolute atomic E-state index is 0.740. The molecule has 1 aliphatic rings. The quantitative estimate of drug-likeness (QED) is 0.929. The molecule has 20 heavy (non-hydrogen) atoms. The highest BCUT2D eigenvalue weighted by Gasteiger charge is 2.22. The second kappa shape index (κ2) is 5.67. The number of fused-ring (bicyclic) bond motifs is 1. The van der Waals surface area contributed by atoms with E-state index in [0.717, 1.165) is 49.5 Å². The summed E-state index contributed by atoms with van der Waals surface area (Å²) in [7, 11) is 2.15. The number of benzene rings is 1. The minimum Gasteiger partial charge on any atom is -0.493 e. The molecular formula is C16H21N3O. The van der Waals surface area contributed by atoms with Crippen LogP contribution in [0.2, 0.25) is 0 Å². The van der Waals surface area contributed by atoms with Crippen LogP contribution in [0.5, 0.6) is 5.75 Å². The molecule has 0 aliphatic carbocycles. The van der Waals surface area contributed by atoms with E-state index in [1.54, 1.807) is 0 Å². The van der Waals surface area contributed by atoms with Crippen molar-refractivity contribution in [2.24, 2.45) is 0 Å². The molecule has 2 aromatic rings. The van der Waals surface area contributed by atoms with Gasteiger partial charge in [0, 0.05) is 36.3 Å². The van der Waals surface area contributed by atoms with Gasteiger partial charge in [0.1, 0.15) is 11.4 Å². The third-order valence-electron chi connectivity index (χ3n) is 3.73. The van der Waals surface area contributed by atoms with E-state index in [0.29, 0.717) is 0 Å². The number of aromatic amines is 1. The number of aromatic nitrogens is 2. The molecule has 1 aromatic heterocycles. The molecule has 1 aliphatic heterocycles. The molecule has 1 aromatic carbocycles. The van der Waals surface area contributed by atoms with Gasteiger partial charge in [-0.05, 0) is 25.6 Å². The summed E-state index contributed by atoms with van der Waals surface area (Å²) < 4.78 is 5.86. The highest BCUT2D eigenvalue weighted by atomic mass is 16.5. The van der Waals surface area contributed by atoms with Gasteiger partial charge < -0.3 is 9.64 Å². The number of H-pyrrole nitrogens is 1. The summed E-state index contributed by atoms with van der Waals surface area (Å²) in [6, 6.07) is 8.18. The van der Waals surface area contributed by atoms with Crippen molar-refractivity contribution in [1.29, 1.82) is 0 Å². The average molecular weight is 271 g/mol. The fourth-order valence-electron chi connectivity index (χ4n) is 2.65. The van der Waals surface area contributed by atoms with E-state index < -0.39 is 0 Å². The lowest BCUT2D eigenvalue weighted by Crippen LogP contribution is -2.26. The standard InChI is InChI=1S/C16H21N3O/c1-3-10-20-15-7-5-4-6-12(15)16-13-11-19(2)9-8-14(13)17-18-16/h4-7H,3,8-11H2,1-2H3,(H,17,18). The number of hydrogen-bond donors (Lipinski definition) is 1. The highest BCUT2D eigenvalue weighted by Crippen LogP contribution is 2.34. The predicted molar refractivity (Wildman–Crippen MR) is 79.8 cm³/mol. The van der Waals surface area contributed by atoms with Crippen LogP contribution in [0.4, 0.5) is 0 Å². The van der Waals surface area contributed by atoms with Crippen LogP contribution in [-0.2, 0) is 13.0 Å². The van der Waals surface area contributed by atoms with Gasteiger partial charge in [0.05, 0.1) is 6.61 Å². The van der Waals surface area contributed by atoms with Crippen molar-refractivity contribution >= 4 is 0 Å². The largest absolute Gasteiger partial charge is 0.493 e. The summed E-state index contributed by atoms with van der Waals surface area (Å²) in [6.07, 6.45) is 2.05. The summed E-state index contributed by atoms with van der Waals surface area (Å²) in [5, 5.41) is 7.74. The molecule has 0 amide bonds. The maximum atomic E-state index is 5.86. The lowest BCUT2D eigenvalue weighted by atomic mass is 10.0. The molecule has 0 saturated heterocycles. The molecule has 3 rings (SSSR count). The van der Waals surface area contributed by atoms with Crippen LogP contribution in [0.1, 0.15) is 24.6 Å². The molecule has 0 atom stereocenters. The van der Waals surface area contributed by atoms with Crippen LogP contribution < -0.4 is 4.74 Å². The Balaban J connectivity index is 1.99. The first-order chi connectivity index (χ1) is 9.79. The Hall–Kier alpha value is -1.81. The number of nitrogens with zero attached hydrogens (tertiary/aromatic N) is 2. The second-order valence-electron chi connectivity index (χ2n) is 5.36. The molecule has 0 radical (unpaired) electrons. The first-order valence-corrected chi connectivity index (χ1v) is 7.26. The van der Waals surface area contributed by atoms with E-state index >= 15 is 0 Å². The summed E-state index contributed by atoms with van der Waals surface area (Å²) in [6.45, 7) is 4.89. The summed E-state index contributed by atoms with van der Waals surface area (Å²) >= 11 is 0.